The van der Waals surface area contributed by atoms with E-state index in [0.717, 1.165) is 0 Å². The Morgan fingerprint density at radius 2 is 1.92 bits per heavy atom. The summed E-state index contributed by atoms with van der Waals surface area (Å²) in [4.78, 5) is 33.3. The van der Waals surface area contributed by atoms with E-state index < -0.39 is 6.03 Å². The van der Waals surface area contributed by atoms with Crippen molar-refractivity contribution in [3.63, 3.8) is 0 Å². The zero-order valence-electron chi connectivity index (χ0n) is 13.2. The van der Waals surface area contributed by atoms with E-state index in [4.69, 9.17) is 5.73 Å². The molecular formula is C17H12N6O3. The summed E-state index contributed by atoms with van der Waals surface area (Å²) in [5.74, 6) is -0.297. The molecule has 0 saturated heterocycles. The Labute approximate surface area is 145 Å². The van der Waals surface area contributed by atoms with Crippen molar-refractivity contribution in [1.29, 1.82) is 0 Å². The number of aromatic nitrogens is 3. The van der Waals surface area contributed by atoms with Crippen LogP contribution in [0, 0.1) is 0 Å². The van der Waals surface area contributed by atoms with Gasteiger partial charge in [0.15, 0.2) is 5.69 Å². The molecule has 0 unspecified atom stereocenters. The minimum atomic E-state index is -0.984. The lowest BCUT2D eigenvalue weighted by molar-refractivity contribution is 0.255. The minimum Gasteiger partial charge on any atom is -0.493 e. The van der Waals surface area contributed by atoms with Gasteiger partial charge in [0.1, 0.15) is 5.69 Å². The summed E-state index contributed by atoms with van der Waals surface area (Å²) < 4.78 is 0. The number of carbonyl (C=O) groups excluding carboxylic acids is 1. The van der Waals surface area contributed by atoms with Crippen LogP contribution >= 0.6 is 0 Å². The van der Waals surface area contributed by atoms with E-state index >= 15 is 0 Å². The number of hydrogen-bond acceptors (Lipinski definition) is 5. The lowest BCUT2D eigenvalue weighted by Crippen LogP contribution is -2.11. The Kier molecular flexibility index (Phi) is 3.47. The van der Waals surface area contributed by atoms with Crippen LogP contribution in [-0.4, -0.2) is 26.1 Å². The van der Waals surface area contributed by atoms with Crippen molar-refractivity contribution in [2.45, 2.75) is 0 Å². The third-order valence-corrected chi connectivity index (χ3v) is 3.89. The second-order valence-corrected chi connectivity index (χ2v) is 5.52. The van der Waals surface area contributed by atoms with Crippen LogP contribution in [0.15, 0.2) is 57.5 Å². The number of nitrogens with two attached hydrogens (primary N) is 1. The molecule has 2 heterocycles. The number of urea groups is 1. The minimum absolute atomic E-state index is 0.0536. The molecular weight excluding hydrogens is 336 g/mol. The average molecular weight is 348 g/mol. The smallest absolute Gasteiger partial charge is 0.356 e. The second-order valence-electron chi connectivity index (χ2n) is 5.52. The molecule has 5 N–H and O–H groups in total. The Morgan fingerprint density at radius 3 is 2.73 bits per heavy atom. The molecule has 0 aliphatic carbocycles. The molecule has 0 aliphatic rings. The number of nitrogens with one attached hydrogen (secondary N) is 2. The SMILES string of the molecule is NC(=O)N=Nc1c(O)[nH]c2c(-c3nc4ccccc4[nH]c3=O)cccc12. The van der Waals surface area contributed by atoms with Crippen LogP contribution in [0.4, 0.5) is 10.5 Å². The number of H-pyrrole nitrogens is 2. The van der Waals surface area contributed by atoms with E-state index in [0.29, 0.717) is 27.5 Å². The largest absolute Gasteiger partial charge is 0.493 e. The van der Waals surface area contributed by atoms with Gasteiger partial charge in [0.2, 0.25) is 5.88 Å². The van der Waals surface area contributed by atoms with Crippen LogP contribution in [0.5, 0.6) is 5.88 Å². The van der Waals surface area contributed by atoms with Gasteiger partial charge in [-0.1, -0.05) is 35.4 Å². The van der Waals surface area contributed by atoms with E-state index in [-0.39, 0.29) is 22.8 Å². The zero-order chi connectivity index (χ0) is 18.3. The molecule has 2 aromatic heterocycles. The topological polar surface area (TPSA) is 150 Å². The van der Waals surface area contributed by atoms with Gasteiger partial charge in [0.25, 0.3) is 5.56 Å². The fraction of sp³-hybridized carbons (Fsp3) is 0. The number of aromatic hydroxyl groups is 1. The maximum atomic E-state index is 12.5. The standard InChI is InChI=1S/C17H12N6O3/c18-17(26)23-22-14-9-5-3-4-8(12(9)21-16(14)25)13-15(24)20-11-7-2-1-6-10(11)19-13/h1-7,21,25H,(H2,18,26)(H,20,24). The molecule has 128 valence electrons. The maximum absolute atomic E-state index is 12.5. The normalized spacial score (nSPS) is 11.5. The number of amides is 2. The van der Waals surface area contributed by atoms with Crippen molar-refractivity contribution >= 4 is 33.7 Å². The molecule has 0 radical (unpaired) electrons. The van der Waals surface area contributed by atoms with Crippen LogP contribution in [0.25, 0.3) is 33.2 Å². The third-order valence-electron chi connectivity index (χ3n) is 3.89. The van der Waals surface area contributed by atoms with Gasteiger partial charge in [0, 0.05) is 10.9 Å². The first-order chi connectivity index (χ1) is 12.5. The summed E-state index contributed by atoms with van der Waals surface area (Å²) in [5.41, 5.74) is 6.99. The first-order valence-corrected chi connectivity index (χ1v) is 7.59. The molecule has 9 nitrogen and oxygen atoms in total. The van der Waals surface area contributed by atoms with Crippen molar-refractivity contribution in [2.75, 3.05) is 0 Å². The second kappa shape index (κ2) is 5.81. The number of para-hydroxylation sites is 3. The monoisotopic (exact) mass is 348 g/mol. The van der Waals surface area contributed by atoms with Crippen LogP contribution in [-0.2, 0) is 0 Å². The lowest BCUT2D eigenvalue weighted by Gasteiger charge is -2.04. The van der Waals surface area contributed by atoms with E-state index in [2.05, 4.69) is 25.2 Å². The van der Waals surface area contributed by atoms with Crippen molar-refractivity contribution < 1.29 is 9.90 Å². The number of azo groups is 1. The van der Waals surface area contributed by atoms with Crippen LogP contribution in [0.2, 0.25) is 0 Å². The highest BCUT2D eigenvalue weighted by Gasteiger charge is 2.17. The molecule has 0 spiro atoms. The van der Waals surface area contributed by atoms with Gasteiger partial charge in [-0.15, -0.1) is 5.11 Å². The fourth-order valence-corrected chi connectivity index (χ4v) is 2.80. The molecule has 0 bridgehead atoms. The highest BCUT2D eigenvalue weighted by Crippen LogP contribution is 2.38. The maximum Gasteiger partial charge on any atom is 0.356 e. The Balaban J connectivity index is 1.99. The zero-order valence-corrected chi connectivity index (χ0v) is 13.2. The molecule has 9 heteroatoms. The highest BCUT2D eigenvalue weighted by atomic mass is 16.3. The van der Waals surface area contributed by atoms with Gasteiger partial charge >= 0.3 is 6.03 Å². The number of primary amides is 1. The number of nitrogens with zero attached hydrogens (tertiary/aromatic N) is 3. The number of fused-ring (bicyclic) bond motifs is 2. The Bertz CT molecular complexity index is 1250. The summed E-state index contributed by atoms with van der Waals surface area (Å²) in [6.07, 6.45) is 0. The number of rotatable bonds is 2. The molecule has 4 aromatic rings. The van der Waals surface area contributed by atoms with Crippen molar-refractivity contribution in [3.05, 3.63) is 52.8 Å². The molecule has 0 atom stereocenters. The van der Waals surface area contributed by atoms with E-state index in [9.17, 15) is 14.7 Å². The van der Waals surface area contributed by atoms with Gasteiger partial charge in [-0.3, -0.25) is 4.79 Å². The molecule has 0 aliphatic heterocycles. The predicted molar refractivity (Wildman–Crippen MR) is 95.4 cm³/mol. The predicted octanol–water partition coefficient (Wildman–Crippen LogP) is 2.94. The first kappa shape index (κ1) is 15.5. The van der Waals surface area contributed by atoms with E-state index in [1.807, 2.05) is 6.07 Å². The summed E-state index contributed by atoms with van der Waals surface area (Å²) >= 11 is 0. The van der Waals surface area contributed by atoms with Gasteiger partial charge < -0.3 is 20.8 Å². The highest BCUT2D eigenvalue weighted by molar-refractivity contribution is 6.02. The lowest BCUT2D eigenvalue weighted by atomic mass is 10.1. The number of aromatic amines is 2. The van der Waals surface area contributed by atoms with Gasteiger partial charge in [-0.05, 0) is 12.1 Å². The molecule has 2 aromatic carbocycles. The van der Waals surface area contributed by atoms with Crippen molar-refractivity contribution in [3.8, 4) is 17.1 Å². The quantitative estimate of drug-likeness (QED) is 0.412. The van der Waals surface area contributed by atoms with Crippen LogP contribution in [0.3, 0.4) is 0 Å². The van der Waals surface area contributed by atoms with Crippen molar-refractivity contribution in [1.82, 2.24) is 15.0 Å². The summed E-state index contributed by atoms with van der Waals surface area (Å²) in [6.45, 7) is 0. The summed E-state index contributed by atoms with van der Waals surface area (Å²) in [5, 5.41) is 17.5. The van der Waals surface area contributed by atoms with E-state index in [1.54, 1.807) is 36.4 Å². The van der Waals surface area contributed by atoms with Crippen molar-refractivity contribution in [2.24, 2.45) is 16.0 Å². The molecule has 0 fully saturated rings. The molecule has 4 rings (SSSR count). The average Bonchev–Trinajstić information content (AvgIpc) is 2.94. The van der Waals surface area contributed by atoms with Crippen LogP contribution < -0.4 is 11.3 Å². The molecule has 26 heavy (non-hydrogen) atoms. The Morgan fingerprint density at radius 1 is 1.12 bits per heavy atom. The Hall–Kier alpha value is -4.01. The van der Waals surface area contributed by atoms with Crippen LogP contribution in [0.1, 0.15) is 0 Å². The van der Waals surface area contributed by atoms with E-state index in [1.165, 1.54) is 0 Å². The number of hydrogen-bond donors (Lipinski definition) is 4. The number of benzene rings is 2. The molecule has 0 saturated carbocycles. The van der Waals surface area contributed by atoms with Gasteiger partial charge in [-0.25, -0.2) is 9.78 Å². The third kappa shape index (κ3) is 2.47. The van der Waals surface area contributed by atoms with Gasteiger partial charge in [0.05, 0.1) is 16.6 Å². The number of carbonyl (C=O) groups is 1. The van der Waals surface area contributed by atoms with Gasteiger partial charge in [-0.2, -0.15) is 0 Å². The molecule has 2 amide bonds. The summed E-state index contributed by atoms with van der Waals surface area (Å²) in [6, 6.07) is 11.2. The summed E-state index contributed by atoms with van der Waals surface area (Å²) in [7, 11) is 0. The first-order valence-electron chi connectivity index (χ1n) is 7.59. The fourth-order valence-electron chi connectivity index (χ4n) is 2.80.